The molecule has 0 bridgehead atoms. The van der Waals surface area contributed by atoms with Crippen molar-refractivity contribution >= 4 is 23.1 Å². The third-order valence-corrected chi connectivity index (χ3v) is 3.23. The van der Waals surface area contributed by atoms with Crippen molar-refractivity contribution in [1.82, 2.24) is 0 Å². The Bertz CT molecular complexity index is 715. The van der Waals surface area contributed by atoms with Gasteiger partial charge in [-0.15, -0.1) is 0 Å². The molecule has 0 radical (unpaired) electrons. The smallest absolute Gasteiger partial charge is 0.315 e. The summed E-state index contributed by atoms with van der Waals surface area (Å²) in [6.07, 6.45) is 0. The average molecular weight is 308 g/mol. The van der Waals surface area contributed by atoms with Crippen LogP contribution >= 0.6 is 11.6 Å². The minimum Gasteiger partial charge on any atom is -0.499 e. The number of carbonyl (C=O) groups excluding carboxylic acids is 1. The van der Waals surface area contributed by atoms with Gasteiger partial charge in [0.15, 0.2) is 11.5 Å². The van der Waals surface area contributed by atoms with Crippen molar-refractivity contribution in [1.29, 1.82) is 0 Å². The first kappa shape index (κ1) is 14.8. The highest BCUT2D eigenvalue weighted by Crippen LogP contribution is 2.44. The summed E-state index contributed by atoms with van der Waals surface area (Å²) in [5, 5.41) is 20.5. The van der Waals surface area contributed by atoms with Crippen molar-refractivity contribution in [2.24, 2.45) is 0 Å². The first-order valence-electron chi connectivity index (χ1n) is 5.81. The van der Waals surface area contributed by atoms with E-state index in [9.17, 15) is 20.0 Å². The Labute approximate surface area is 124 Å². The Morgan fingerprint density at radius 1 is 1.33 bits per heavy atom. The van der Waals surface area contributed by atoms with Gasteiger partial charge in [-0.1, -0.05) is 41.9 Å². The number of nitrogens with zero attached hydrogens (tertiary/aromatic N) is 1. The molecular weight excluding hydrogens is 298 g/mol. The fourth-order valence-electron chi connectivity index (χ4n) is 1.85. The predicted octanol–water partition coefficient (Wildman–Crippen LogP) is 3.19. The summed E-state index contributed by atoms with van der Waals surface area (Å²) in [6.45, 7) is 0. The molecule has 21 heavy (non-hydrogen) atoms. The summed E-state index contributed by atoms with van der Waals surface area (Å²) in [5.41, 5.74) is -0.429. The van der Waals surface area contributed by atoms with E-state index in [0.717, 1.165) is 6.07 Å². The van der Waals surface area contributed by atoms with Gasteiger partial charge in [0.25, 0.3) is 0 Å². The number of hydrogen-bond donors (Lipinski definition) is 1. The molecule has 0 saturated heterocycles. The molecule has 108 valence electrons. The maximum absolute atomic E-state index is 12.4. The van der Waals surface area contributed by atoms with Crippen LogP contribution in [0.3, 0.4) is 0 Å². The van der Waals surface area contributed by atoms with Gasteiger partial charge in [-0.05, 0) is 0 Å². The molecule has 0 atom stereocenters. The Morgan fingerprint density at radius 2 is 1.95 bits per heavy atom. The average Bonchev–Trinajstić information content (AvgIpc) is 2.48. The molecule has 0 amide bonds. The number of nitro groups is 1. The third-order valence-electron chi connectivity index (χ3n) is 2.86. The van der Waals surface area contributed by atoms with Gasteiger partial charge in [-0.2, -0.15) is 0 Å². The maximum Gasteiger partial charge on any atom is 0.315 e. The zero-order valence-electron chi connectivity index (χ0n) is 10.9. The first-order chi connectivity index (χ1) is 9.97. The first-order valence-corrected chi connectivity index (χ1v) is 6.18. The van der Waals surface area contributed by atoms with Crippen molar-refractivity contribution in [3.63, 3.8) is 0 Å². The van der Waals surface area contributed by atoms with Crippen LogP contribution < -0.4 is 4.74 Å². The second-order valence-electron chi connectivity index (χ2n) is 4.09. The number of nitro benzene ring substituents is 1. The van der Waals surface area contributed by atoms with Crippen molar-refractivity contribution in [3.05, 3.63) is 62.7 Å². The molecule has 0 aliphatic heterocycles. The molecule has 1 N–H and O–H groups in total. The number of rotatable bonds is 4. The van der Waals surface area contributed by atoms with Gasteiger partial charge in [-0.3, -0.25) is 14.9 Å². The number of phenolic OH excluding ortho intramolecular Hbond substituents is 1. The van der Waals surface area contributed by atoms with Gasteiger partial charge >= 0.3 is 5.69 Å². The van der Waals surface area contributed by atoms with E-state index in [0.29, 0.717) is 5.56 Å². The van der Waals surface area contributed by atoms with Crippen molar-refractivity contribution in [2.45, 2.75) is 0 Å². The molecule has 0 fully saturated rings. The van der Waals surface area contributed by atoms with E-state index >= 15 is 0 Å². The summed E-state index contributed by atoms with van der Waals surface area (Å²) in [4.78, 5) is 22.5. The minimum absolute atomic E-state index is 0.107. The van der Waals surface area contributed by atoms with Crippen molar-refractivity contribution in [2.75, 3.05) is 7.11 Å². The van der Waals surface area contributed by atoms with Crippen LogP contribution in [0.5, 0.6) is 11.5 Å². The Morgan fingerprint density at radius 3 is 2.48 bits per heavy atom. The molecule has 0 saturated carbocycles. The molecular formula is C14H10ClNO5. The molecule has 2 rings (SSSR count). The Balaban J connectivity index is 2.66. The van der Waals surface area contributed by atoms with Crippen LogP contribution in [0.2, 0.25) is 5.02 Å². The topological polar surface area (TPSA) is 89.7 Å². The van der Waals surface area contributed by atoms with Crippen LogP contribution in [-0.2, 0) is 0 Å². The lowest BCUT2D eigenvalue weighted by molar-refractivity contribution is -0.386. The molecule has 2 aromatic carbocycles. The highest BCUT2D eigenvalue weighted by atomic mass is 35.5. The highest BCUT2D eigenvalue weighted by molar-refractivity contribution is 6.36. The zero-order valence-corrected chi connectivity index (χ0v) is 11.6. The number of phenols is 1. The normalized spacial score (nSPS) is 10.2. The molecule has 7 heteroatoms. The van der Waals surface area contributed by atoms with Crippen molar-refractivity contribution < 1.29 is 19.6 Å². The quantitative estimate of drug-likeness (QED) is 0.532. The van der Waals surface area contributed by atoms with E-state index in [1.807, 2.05) is 0 Å². The lowest BCUT2D eigenvalue weighted by atomic mass is 10.0. The predicted molar refractivity (Wildman–Crippen MR) is 76.2 cm³/mol. The number of aromatic hydroxyl groups is 1. The maximum atomic E-state index is 12.4. The van der Waals surface area contributed by atoms with E-state index in [4.69, 9.17) is 16.3 Å². The fourth-order valence-corrected chi connectivity index (χ4v) is 2.15. The number of methoxy groups -OCH3 is 1. The lowest BCUT2D eigenvalue weighted by Gasteiger charge is -2.10. The number of hydrogen-bond acceptors (Lipinski definition) is 5. The molecule has 0 aromatic heterocycles. The van der Waals surface area contributed by atoms with Crippen LogP contribution in [0.1, 0.15) is 15.9 Å². The Hall–Kier alpha value is -2.60. The minimum atomic E-state index is -0.810. The van der Waals surface area contributed by atoms with Gasteiger partial charge in [0, 0.05) is 11.6 Å². The van der Waals surface area contributed by atoms with Gasteiger partial charge in [0.2, 0.25) is 5.75 Å². The number of ether oxygens (including phenoxy) is 1. The van der Waals surface area contributed by atoms with Crippen LogP contribution in [0.25, 0.3) is 0 Å². The highest BCUT2D eigenvalue weighted by Gasteiger charge is 2.27. The monoisotopic (exact) mass is 307 g/mol. The Kier molecular flexibility index (Phi) is 4.09. The van der Waals surface area contributed by atoms with Gasteiger partial charge in [0.05, 0.1) is 22.6 Å². The second-order valence-corrected chi connectivity index (χ2v) is 4.47. The summed E-state index contributed by atoms with van der Waals surface area (Å²) in [7, 11) is 1.20. The molecule has 0 aliphatic rings. The SMILES string of the molecule is COc1c(O)c([N+](=O)[O-])cc(C(=O)c2ccccc2)c1Cl. The molecule has 2 aromatic rings. The van der Waals surface area contributed by atoms with E-state index in [-0.39, 0.29) is 16.3 Å². The van der Waals surface area contributed by atoms with E-state index in [2.05, 4.69) is 0 Å². The lowest BCUT2D eigenvalue weighted by Crippen LogP contribution is -2.05. The van der Waals surface area contributed by atoms with E-state index in [1.54, 1.807) is 30.3 Å². The van der Waals surface area contributed by atoms with Crippen molar-refractivity contribution in [3.8, 4) is 11.5 Å². The molecule has 6 nitrogen and oxygen atoms in total. The number of carbonyl (C=O) groups is 1. The zero-order chi connectivity index (χ0) is 15.6. The van der Waals surface area contributed by atoms with Gasteiger partial charge in [-0.25, -0.2) is 0 Å². The molecule has 0 unspecified atom stereocenters. The number of ketones is 1. The largest absolute Gasteiger partial charge is 0.499 e. The van der Waals surface area contributed by atoms with Crippen LogP contribution in [0.4, 0.5) is 5.69 Å². The second kappa shape index (κ2) is 5.80. The van der Waals surface area contributed by atoms with Crippen LogP contribution in [0, 0.1) is 10.1 Å². The fraction of sp³-hybridized carbons (Fsp3) is 0.0714. The third kappa shape index (κ3) is 2.66. The van der Waals surface area contributed by atoms with Gasteiger partial charge < -0.3 is 9.84 Å². The summed E-state index contributed by atoms with van der Waals surface area (Å²) in [5.74, 6) is -1.51. The van der Waals surface area contributed by atoms with E-state index in [1.165, 1.54) is 7.11 Å². The van der Waals surface area contributed by atoms with E-state index < -0.39 is 22.1 Å². The number of benzene rings is 2. The summed E-state index contributed by atoms with van der Waals surface area (Å²) >= 11 is 6.01. The summed E-state index contributed by atoms with van der Waals surface area (Å²) < 4.78 is 4.85. The molecule has 0 spiro atoms. The number of halogens is 1. The molecule has 0 aliphatic carbocycles. The van der Waals surface area contributed by atoms with Crippen LogP contribution in [0.15, 0.2) is 36.4 Å². The molecule has 0 heterocycles. The van der Waals surface area contributed by atoms with Crippen LogP contribution in [-0.4, -0.2) is 22.9 Å². The summed E-state index contributed by atoms with van der Waals surface area (Å²) in [6, 6.07) is 9.11. The standard InChI is InChI=1S/C14H10ClNO5/c1-21-14-11(15)9(7-10(13(14)18)16(19)20)12(17)8-5-3-2-4-6-8/h2-7,18H,1H3. The van der Waals surface area contributed by atoms with Gasteiger partial charge in [0.1, 0.15) is 0 Å².